The number of sulfonamides is 1. The molecule has 122 valence electrons. The quantitative estimate of drug-likeness (QED) is 0.294. The molecule has 2 N–H and O–H groups in total. The van der Waals surface area contributed by atoms with E-state index in [1.165, 1.54) is 10.6 Å². The van der Waals surface area contributed by atoms with Crippen molar-refractivity contribution in [2.75, 3.05) is 32.9 Å². The monoisotopic (exact) mass is 420 g/mol. The van der Waals surface area contributed by atoms with Crippen molar-refractivity contribution in [3.05, 3.63) is 0 Å². The third-order valence-electron chi connectivity index (χ3n) is 2.42. The highest BCUT2D eigenvalue weighted by molar-refractivity contribution is 14.0. The molecule has 8 heteroatoms. The van der Waals surface area contributed by atoms with Crippen LogP contribution in [0.2, 0.25) is 0 Å². The Bertz CT molecular complexity index is 391. The second-order valence-electron chi connectivity index (χ2n) is 5.48. The molecule has 0 rings (SSSR count). The van der Waals surface area contributed by atoms with Gasteiger partial charge in [0.2, 0.25) is 10.0 Å². The summed E-state index contributed by atoms with van der Waals surface area (Å²) in [6.07, 6.45) is 1.98. The minimum atomic E-state index is -3.09. The number of nitrogens with zero attached hydrogens (tertiary/aromatic N) is 2. The molecule has 0 atom stereocenters. The maximum atomic E-state index is 11.4. The summed E-state index contributed by atoms with van der Waals surface area (Å²) in [6, 6.07) is 0. The Balaban J connectivity index is 0. The third-order valence-corrected chi connectivity index (χ3v) is 3.79. The molecule has 0 aromatic carbocycles. The summed E-state index contributed by atoms with van der Waals surface area (Å²) in [5.41, 5.74) is -0.0515. The number of hydrogen-bond acceptors (Lipinski definition) is 3. The van der Waals surface area contributed by atoms with Crippen LogP contribution in [0.25, 0.3) is 0 Å². The van der Waals surface area contributed by atoms with Gasteiger partial charge in [-0.3, -0.25) is 4.99 Å². The van der Waals surface area contributed by atoms with E-state index in [1.807, 2.05) is 6.92 Å². The van der Waals surface area contributed by atoms with Crippen molar-refractivity contribution in [1.82, 2.24) is 14.9 Å². The van der Waals surface area contributed by atoms with Gasteiger partial charge in [-0.25, -0.2) is 12.7 Å². The number of halogens is 1. The summed E-state index contributed by atoms with van der Waals surface area (Å²) in [6.45, 7) is 9.73. The molecule has 0 aliphatic carbocycles. The van der Waals surface area contributed by atoms with Crippen molar-refractivity contribution in [3.63, 3.8) is 0 Å². The van der Waals surface area contributed by atoms with E-state index in [0.29, 0.717) is 19.6 Å². The van der Waals surface area contributed by atoms with Crippen LogP contribution in [-0.2, 0) is 10.0 Å². The van der Waals surface area contributed by atoms with Crippen LogP contribution in [0.1, 0.15) is 34.1 Å². The molecule has 0 saturated carbocycles. The lowest BCUT2D eigenvalue weighted by Gasteiger charge is -2.24. The molecule has 20 heavy (non-hydrogen) atoms. The Morgan fingerprint density at radius 3 is 2.20 bits per heavy atom. The fraction of sp³-hybridized carbons (Fsp3) is 0.917. The molecule has 0 aromatic heterocycles. The molecule has 0 aliphatic heterocycles. The second kappa shape index (κ2) is 9.78. The van der Waals surface area contributed by atoms with Gasteiger partial charge in [-0.05, 0) is 27.2 Å². The van der Waals surface area contributed by atoms with E-state index in [-0.39, 0.29) is 29.5 Å². The summed E-state index contributed by atoms with van der Waals surface area (Å²) in [5.74, 6) is 0.731. The maximum absolute atomic E-state index is 11.4. The minimum absolute atomic E-state index is 0. The van der Waals surface area contributed by atoms with Crippen molar-refractivity contribution in [2.24, 2.45) is 4.99 Å². The van der Waals surface area contributed by atoms with E-state index in [9.17, 15) is 8.42 Å². The van der Waals surface area contributed by atoms with Crippen molar-refractivity contribution < 1.29 is 8.42 Å². The van der Waals surface area contributed by atoms with Gasteiger partial charge in [0.25, 0.3) is 0 Å². The fourth-order valence-electron chi connectivity index (χ4n) is 1.56. The number of aliphatic imine (C=N–C) groups is 1. The predicted molar refractivity (Wildman–Crippen MR) is 96.4 cm³/mol. The van der Waals surface area contributed by atoms with Crippen LogP contribution in [0.4, 0.5) is 0 Å². The highest BCUT2D eigenvalue weighted by Gasteiger charge is 2.14. The zero-order chi connectivity index (χ0) is 15.1. The van der Waals surface area contributed by atoms with Gasteiger partial charge in [0.1, 0.15) is 0 Å². The molecule has 0 unspecified atom stereocenters. The van der Waals surface area contributed by atoms with Crippen molar-refractivity contribution in [1.29, 1.82) is 0 Å². The molecule has 0 spiro atoms. The third kappa shape index (κ3) is 10.7. The van der Waals surface area contributed by atoms with Gasteiger partial charge in [-0.2, -0.15) is 0 Å². The molecule has 6 nitrogen and oxygen atoms in total. The van der Waals surface area contributed by atoms with Crippen molar-refractivity contribution in [2.45, 2.75) is 39.7 Å². The normalized spacial score (nSPS) is 13.1. The van der Waals surface area contributed by atoms with Crippen LogP contribution in [0.15, 0.2) is 4.99 Å². The first-order valence-corrected chi connectivity index (χ1v) is 8.39. The molecular weight excluding hydrogens is 391 g/mol. The second-order valence-corrected chi connectivity index (χ2v) is 7.46. The molecule has 0 aliphatic rings. The van der Waals surface area contributed by atoms with Crippen molar-refractivity contribution in [3.8, 4) is 0 Å². The minimum Gasteiger partial charge on any atom is -0.356 e. The standard InChI is InChI=1S/C12H28N4O2S.HI/c1-7-16(19(6,17)18)10-8-9-14-11(13-5)15-12(2,3)4;/h7-10H2,1-6H3,(H2,13,14,15);1H. The van der Waals surface area contributed by atoms with E-state index in [4.69, 9.17) is 0 Å². The maximum Gasteiger partial charge on any atom is 0.211 e. The van der Waals surface area contributed by atoms with Crippen LogP contribution < -0.4 is 10.6 Å². The molecule has 0 fully saturated rings. The van der Waals surface area contributed by atoms with E-state index in [1.54, 1.807) is 7.05 Å². The number of guanidine groups is 1. The van der Waals surface area contributed by atoms with Gasteiger partial charge in [0.15, 0.2) is 5.96 Å². The first kappa shape index (κ1) is 22.2. The summed E-state index contributed by atoms with van der Waals surface area (Å²) in [7, 11) is -1.37. The lowest BCUT2D eigenvalue weighted by molar-refractivity contribution is 0.423. The molecule has 0 saturated heterocycles. The lowest BCUT2D eigenvalue weighted by atomic mass is 10.1. The van der Waals surface area contributed by atoms with Crippen LogP contribution >= 0.6 is 24.0 Å². The topological polar surface area (TPSA) is 73.8 Å². The van der Waals surface area contributed by atoms with Gasteiger partial charge >= 0.3 is 0 Å². The molecular formula is C12H29IN4O2S. The van der Waals surface area contributed by atoms with E-state index in [0.717, 1.165) is 12.4 Å². The Labute approximate surface area is 140 Å². The van der Waals surface area contributed by atoms with Gasteiger partial charge in [0, 0.05) is 32.2 Å². The molecule has 0 heterocycles. The summed E-state index contributed by atoms with van der Waals surface area (Å²) in [4.78, 5) is 4.12. The Morgan fingerprint density at radius 2 is 1.85 bits per heavy atom. The lowest BCUT2D eigenvalue weighted by Crippen LogP contribution is -2.48. The molecule has 0 bridgehead atoms. The van der Waals surface area contributed by atoms with E-state index in [2.05, 4.69) is 36.4 Å². The van der Waals surface area contributed by atoms with E-state index < -0.39 is 10.0 Å². The van der Waals surface area contributed by atoms with Crippen LogP contribution in [0.3, 0.4) is 0 Å². The van der Waals surface area contributed by atoms with Gasteiger partial charge < -0.3 is 10.6 Å². The number of nitrogens with one attached hydrogen (secondary N) is 2. The average molecular weight is 420 g/mol. The van der Waals surface area contributed by atoms with Crippen LogP contribution in [-0.4, -0.2) is 57.2 Å². The number of hydrogen-bond donors (Lipinski definition) is 2. The predicted octanol–water partition coefficient (Wildman–Crippen LogP) is 1.24. The largest absolute Gasteiger partial charge is 0.356 e. The highest BCUT2D eigenvalue weighted by Crippen LogP contribution is 1.99. The SMILES string of the molecule is CCN(CCCNC(=NC)NC(C)(C)C)S(C)(=O)=O.I. The van der Waals surface area contributed by atoms with Crippen LogP contribution in [0, 0.1) is 0 Å². The van der Waals surface area contributed by atoms with Crippen molar-refractivity contribution >= 4 is 40.0 Å². The summed E-state index contributed by atoms with van der Waals surface area (Å²) in [5, 5.41) is 6.42. The highest BCUT2D eigenvalue weighted by atomic mass is 127. The first-order chi connectivity index (χ1) is 8.60. The smallest absolute Gasteiger partial charge is 0.211 e. The summed E-state index contributed by atoms with van der Waals surface area (Å²) >= 11 is 0. The zero-order valence-electron chi connectivity index (χ0n) is 13.4. The fourth-order valence-corrected chi connectivity index (χ4v) is 2.48. The number of rotatable bonds is 6. The van der Waals surface area contributed by atoms with Gasteiger partial charge in [-0.15, -0.1) is 24.0 Å². The Hall–Kier alpha value is -0.0900. The first-order valence-electron chi connectivity index (χ1n) is 6.54. The average Bonchev–Trinajstić information content (AvgIpc) is 2.23. The Morgan fingerprint density at radius 1 is 1.30 bits per heavy atom. The van der Waals surface area contributed by atoms with Crippen LogP contribution in [0.5, 0.6) is 0 Å². The molecule has 0 radical (unpaired) electrons. The van der Waals surface area contributed by atoms with Gasteiger partial charge in [0.05, 0.1) is 6.26 Å². The zero-order valence-corrected chi connectivity index (χ0v) is 16.5. The Kier molecular flexibility index (Phi) is 10.8. The molecule has 0 aromatic rings. The molecule has 0 amide bonds. The van der Waals surface area contributed by atoms with E-state index >= 15 is 0 Å². The summed E-state index contributed by atoms with van der Waals surface area (Å²) < 4.78 is 24.3. The van der Waals surface area contributed by atoms with Gasteiger partial charge in [-0.1, -0.05) is 6.92 Å².